The molecule has 0 nitrogen and oxygen atoms in total. The van der Waals surface area contributed by atoms with Crippen LogP contribution >= 0.6 is 47.8 Å². The molecular weight excluding hydrogens is 336 g/mol. The molecule has 3 heteroatoms. The molecule has 0 spiro atoms. The van der Waals surface area contributed by atoms with Gasteiger partial charge in [-0.25, -0.2) is 0 Å². The monoisotopic (exact) mass is 340 g/mol. The third-order valence-electron chi connectivity index (χ3n) is 1.47. The Bertz CT molecular complexity index is 268. The SMILES string of the molecule is CCc1cc(Br)c(Br)cc1Br. The first-order chi connectivity index (χ1) is 5.15. The molecular formula is C8H7Br3. The molecule has 0 N–H and O–H groups in total. The third kappa shape index (κ3) is 2.30. The van der Waals surface area contributed by atoms with Gasteiger partial charge in [0.05, 0.1) is 0 Å². The van der Waals surface area contributed by atoms with E-state index in [1.165, 1.54) is 5.56 Å². The molecule has 0 atom stereocenters. The molecule has 0 saturated heterocycles. The molecule has 1 aromatic rings. The van der Waals surface area contributed by atoms with Gasteiger partial charge in [0.15, 0.2) is 0 Å². The summed E-state index contributed by atoms with van der Waals surface area (Å²) in [5.41, 5.74) is 1.32. The third-order valence-corrected chi connectivity index (χ3v) is 4.05. The normalized spacial score (nSPS) is 10.2. The minimum Gasteiger partial charge on any atom is -0.0613 e. The van der Waals surface area contributed by atoms with E-state index in [0.717, 1.165) is 19.8 Å². The fourth-order valence-electron chi connectivity index (χ4n) is 0.835. The second kappa shape index (κ2) is 4.06. The molecule has 0 heterocycles. The number of hydrogen-bond acceptors (Lipinski definition) is 0. The van der Waals surface area contributed by atoms with Crippen LogP contribution in [-0.4, -0.2) is 0 Å². The number of benzene rings is 1. The van der Waals surface area contributed by atoms with Crippen LogP contribution in [0.2, 0.25) is 0 Å². The van der Waals surface area contributed by atoms with E-state index in [9.17, 15) is 0 Å². The van der Waals surface area contributed by atoms with Crippen molar-refractivity contribution in [3.05, 3.63) is 31.1 Å². The molecule has 0 aliphatic heterocycles. The molecule has 0 saturated carbocycles. The van der Waals surface area contributed by atoms with E-state index in [0.29, 0.717) is 0 Å². The quantitative estimate of drug-likeness (QED) is 0.657. The molecule has 1 rings (SSSR count). The van der Waals surface area contributed by atoms with Gasteiger partial charge in [0.25, 0.3) is 0 Å². The Balaban J connectivity index is 3.21. The topological polar surface area (TPSA) is 0 Å². The van der Waals surface area contributed by atoms with Crippen LogP contribution in [0.1, 0.15) is 12.5 Å². The van der Waals surface area contributed by atoms with Gasteiger partial charge < -0.3 is 0 Å². The first kappa shape index (κ1) is 9.75. The summed E-state index contributed by atoms with van der Waals surface area (Å²) in [5, 5.41) is 0. The number of rotatable bonds is 1. The van der Waals surface area contributed by atoms with E-state index in [2.05, 4.69) is 66.8 Å². The molecule has 0 aliphatic rings. The smallest absolute Gasteiger partial charge is 0.0328 e. The number of aryl methyl sites for hydroxylation is 1. The second-order valence-corrected chi connectivity index (χ2v) is 4.77. The predicted octanol–water partition coefficient (Wildman–Crippen LogP) is 4.54. The average Bonchev–Trinajstić information content (AvgIpc) is 1.97. The lowest BCUT2D eigenvalue weighted by Gasteiger charge is -2.03. The Kier molecular flexibility index (Phi) is 3.59. The van der Waals surface area contributed by atoms with E-state index >= 15 is 0 Å². The molecule has 0 unspecified atom stereocenters. The Morgan fingerprint density at radius 1 is 1.00 bits per heavy atom. The molecule has 0 bridgehead atoms. The van der Waals surface area contributed by atoms with Crippen LogP contribution in [0.3, 0.4) is 0 Å². The Morgan fingerprint density at radius 2 is 1.55 bits per heavy atom. The minimum atomic E-state index is 1.05. The van der Waals surface area contributed by atoms with Crippen LogP contribution in [0.5, 0.6) is 0 Å². The minimum absolute atomic E-state index is 1.05. The Morgan fingerprint density at radius 3 is 2.09 bits per heavy atom. The first-order valence-corrected chi connectivity index (χ1v) is 5.66. The lowest BCUT2D eigenvalue weighted by Crippen LogP contribution is -1.82. The van der Waals surface area contributed by atoms with Gasteiger partial charge in [-0.05, 0) is 56.0 Å². The number of halogens is 3. The molecule has 0 radical (unpaired) electrons. The summed E-state index contributed by atoms with van der Waals surface area (Å²) in [5.74, 6) is 0. The molecule has 0 amide bonds. The lowest BCUT2D eigenvalue weighted by molar-refractivity contribution is 1.12. The largest absolute Gasteiger partial charge is 0.0613 e. The van der Waals surface area contributed by atoms with E-state index in [1.54, 1.807) is 0 Å². The van der Waals surface area contributed by atoms with E-state index < -0.39 is 0 Å². The summed E-state index contributed by atoms with van der Waals surface area (Å²) in [6.45, 7) is 2.14. The Hall–Kier alpha value is 0.660. The van der Waals surface area contributed by atoms with Crippen LogP contribution < -0.4 is 0 Å². The van der Waals surface area contributed by atoms with Crippen molar-refractivity contribution in [2.24, 2.45) is 0 Å². The van der Waals surface area contributed by atoms with Gasteiger partial charge in [-0.1, -0.05) is 22.9 Å². The molecule has 0 fully saturated rings. The van der Waals surface area contributed by atoms with Gasteiger partial charge >= 0.3 is 0 Å². The summed E-state index contributed by atoms with van der Waals surface area (Å²) in [7, 11) is 0. The predicted molar refractivity (Wildman–Crippen MR) is 58.9 cm³/mol. The van der Waals surface area contributed by atoms with E-state index in [1.807, 2.05) is 0 Å². The summed E-state index contributed by atoms with van der Waals surface area (Å²) in [4.78, 5) is 0. The van der Waals surface area contributed by atoms with Crippen molar-refractivity contribution in [1.29, 1.82) is 0 Å². The van der Waals surface area contributed by atoms with Crippen molar-refractivity contribution in [1.82, 2.24) is 0 Å². The maximum absolute atomic E-state index is 3.49. The fraction of sp³-hybridized carbons (Fsp3) is 0.250. The Labute approximate surface area is 91.8 Å². The summed E-state index contributed by atoms with van der Waals surface area (Å²) in [6.07, 6.45) is 1.05. The van der Waals surface area contributed by atoms with Gasteiger partial charge in [-0.2, -0.15) is 0 Å². The van der Waals surface area contributed by atoms with Crippen LogP contribution in [0, 0.1) is 0 Å². The molecule has 0 aromatic heterocycles. The van der Waals surface area contributed by atoms with Gasteiger partial charge in [-0.3, -0.25) is 0 Å². The van der Waals surface area contributed by atoms with Crippen LogP contribution in [0.25, 0.3) is 0 Å². The average molecular weight is 343 g/mol. The zero-order chi connectivity index (χ0) is 8.43. The molecule has 11 heavy (non-hydrogen) atoms. The highest BCUT2D eigenvalue weighted by Crippen LogP contribution is 2.29. The zero-order valence-corrected chi connectivity index (χ0v) is 10.8. The maximum Gasteiger partial charge on any atom is 0.0328 e. The van der Waals surface area contributed by atoms with Crippen molar-refractivity contribution in [2.75, 3.05) is 0 Å². The van der Waals surface area contributed by atoms with Gasteiger partial charge in [0.1, 0.15) is 0 Å². The van der Waals surface area contributed by atoms with E-state index in [-0.39, 0.29) is 0 Å². The van der Waals surface area contributed by atoms with Crippen molar-refractivity contribution in [3.63, 3.8) is 0 Å². The first-order valence-electron chi connectivity index (χ1n) is 3.28. The van der Waals surface area contributed by atoms with Crippen molar-refractivity contribution < 1.29 is 0 Å². The van der Waals surface area contributed by atoms with Crippen molar-refractivity contribution in [2.45, 2.75) is 13.3 Å². The van der Waals surface area contributed by atoms with Crippen molar-refractivity contribution in [3.8, 4) is 0 Å². The van der Waals surface area contributed by atoms with E-state index in [4.69, 9.17) is 0 Å². The molecule has 0 aliphatic carbocycles. The zero-order valence-electron chi connectivity index (χ0n) is 6.00. The number of hydrogen-bond donors (Lipinski definition) is 0. The highest BCUT2D eigenvalue weighted by Gasteiger charge is 2.01. The van der Waals surface area contributed by atoms with Crippen LogP contribution in [0.4, 0.5) is 0 Å². The maximum atomic E-state index is 3.49. The molecule has 1 aromatic carbocycles. The lowest BCUT2D eigenvalue weighted by atomic mass is 10.2. The van der Waals surface area contributed by atoms with Gasteiger partial charge in [-0.15, -0.1) is 0 Å². The van der Waals surface area contributed by atoms with Gasteiger partial charge in [0.2, 0.25) is 0 Å². The molecule has 60 valence electrons. The van der Waals surface area contributed by atoms with Crippen LogP contribution in [0.15, 0.2) is 25.6 Å². The highest BCUT2D eigenvalue weighted by atomic mass is 79.9. The summed E-state index contributed by atoms with van der Waals surface area (Å²) in [6, 6.07) is 4.18. The second-order valence-electron chi connectivity index (χ2n) is 2.21. The van der Waals surface area contributed by atoms with Gasteiger partial charge in [0, 0.05) is 13.4 Å². The van der Waals surface area contributed by atoms with Crippen molar-refractivity contribution >= 4 is 47.8 Å². The van der Waals surface area contributed by atoms with Crippen LogP contribution in [-0.2, 0) is 6.42 Å². The summed E-state index contributed by atoms with van der Waals surface area (Å²) >= 11 is 10.4. The highest BCUT2D eigenvalue weighted by molar-refractivity contribution is 9.13. The fourth-order valence-corrected chi connectivity index (χ4v) is 2.50. The standard InChI is InChI=1S/C8H7Br3/c1-2-5-3-7(10)8(11)4-6(5)9/h3-4H,2H2,1H3. The summed E-state index contributed by atoms with van der Waals surface area (Å²) < 4.78 is 3.36.